The first-order valence-corrected chi connectivity index (χ1v) is 7.44. The summed E-state index contributed by atoms with van der Waals surface area (Å²) in [5.74, 6) is 0.196. The summed E-state index contributed by atoms with van der Waals surface area (Å²) in [5.41, 5.74) is 2.66. The molecule has 0 bridgehead atoms. The van der Waals surface area contributed by atoms with Gasteiger partial charge in [0, 0.05) is 11.4 Å². The van der Waals surface area contributed by atoms with Crippen molar-refractivity contribution < 1.29 is 4.79 Å². The molecule has 0 aromatic carbocycles. The number of nitrogens with one attached hydrogen (secondary N) is 2. The van der Waals surface area contributed by atoms with Crippen molar-refractivity contribution in [2.45, 2.75) is 39.7 Å². The molecule has 0 saturated carbocycles. The normalized spacial score (nSPS) is 23.2. The Hall–Kier alpha value is -0.940. The van der Waals surface area contributed by atoms with Gasteiger partial charge < -0.3 is 10.6 Å². The van der Waals surface area contributed by atoms with Crippen LogP contribution in [-0.2, 0) is 11.3 Å². The third-order valence-corrected chi connectivity index (χ3v) is 4.64. The van der Waals surface area contributed by atoms with Crippen molar-refractivity contribution in [3.8, 4) is 0 Å². The topological polar surface area (TPSA) is 54.0 Å². The zero-order valence-electron chi connectivity index (χ0n) is 11.1. The number of carbonyl (C=O) groups excluding carboxylic acids is 1. The summed E-state index contributed by atoms with van der Waals surface area (Å²) in [7, 11) is 0. The predicted molar refractivity (Wildman–Crippen MR) is 73.5 cm³/mol. The monoisotopic (exact) mass is 267 g/mol. The summed E-state index contributed by atoms with van der Waals surface area (Å²) >= 11 is 1.60. The van der Waals surface area contributed by atoms with E-state index < -0.39 is 0 Å². The Morgan fingerprint density at radius 2 is 2.50 bits per heavy atom. The Morgan fingerprint density at radius 3 is 3.06 bits per heavy atom. The van der Waals surface area contributed by atoms with Crippen molar-refractivity contribution in [1.29, 1.82) is 0 Å². The van der Waals surface area contributed by atoms with E-state index in [0.29, 0.717) is 6.54 Å². The number of nitrogens with zero attached hydrogens (tertiary/aromatic N) is 1. The van der Waals surface area contributed by atoms with Gasteiger partial charge in [0.05, 0.1) is 23.2 Å². The van der Waals surface area contributed by atoms with Crippen LogP contribution in [0.15, 0.2) is 5.51 Å². The first kappa shape index (κ1) is 13.5. The van der Waals surface area contributed by atoms with Crippen molar-refractivity contribution in [2.24, 2.45) is 5.41 Å². The lowest BCUT2D eigenvalue weighted by Gasteiger charge is -2.26. The minimum atomic E-state index is -0.187. The van der Waals surface area contributed by atoms with Crippen molar-refractivity contribution in [1.82, 2.24) is 15.6 Å². The van der Waals surface area contributed by atoms with Gasteiger partial charge >= 0.3 is 0 Å². The van der Waals surface area contributed by atoms with Gasteiger partial charge in [-0.25, -0.2) is 4.98 Å². The van der Waals surface area contributed by atoms with Crippen LogP contribution in [0.3, 0.4) is 0 Å². The molecule has 1 fully saturated rings. The molecule has 4 nitrogen and oxygen atoms in total. The average Bonchev–Trinajstić information content (AvgIpc) is 2.97. The Kier molecular flexibility index (Phi) is 4.35. The molecule has 1 aliphatic heterocycles. The highest BCUT2D eigenvalue weighted by Crippen LogP contribution is 2.31. The van der Waals surface area contributed by atoms with Crippen LogP contribution in [-0.4, -0.2) is 24.0 Å². The minimum Gasteiger partial charge on any atom is -0.351 e. The number of rotatable bonds is 5. The smallest absolute Gasteiger partial charge is 0.227 e. The van der Waals surface area contributed by atoms with Gasteiger partial charge in [0.25, 0.3) is 0 Å². The molecule has 1 saturated heterocycles. The van der Waals surface area contributed by atoms with E-state index in [4.69, 9.17) is 0 Å². The highest BCUT2D eigenvalue weighted by molar-refractivity contribution is 7.09. The molecule has 1 aromatic rings. The Bertz CT molecular complexity index is 410. The number of aromatic nitrogens is 1. The zero-order chi connectivity index (χ0) is 13.0. The molecule has 2 N–H and O–H groups in total. The van der Waals surface area contributed by atoms with Gasteiger partial charge in [-0.1, -0.05) is 13.3 Å². The molecular weight excluding hydrogens is 246 g/mol. The highest BCUT2D eigenvalue weighted by Gasteiger charge is 2.39. The lowest BCUT2D eigenvalue weighted by molar-refractivity contribution is -0.130. The maximum absolute atomic E-state index is 12.4. The van der Waals surface area contributed by atoms with E-state index in [1.54, 1.807) is 11.3 Å². The van der Waals surface area contributed by atoms with E-state index in [0.717, 1.165) is 42.9 Å². The number of aryl methyl sites for hydroxylation is 1. The second kappa shape index (κ2) is 5.80. The first-order chi connectivity index (χ1) is 8.68. The molecule has 2 heterocycles. The molecule has 1 aromatic heterocycles. The van der Waals surface area contributed by atoms with Crippen LogP contribution in [0.1, 0.15) is 36.8 Å². The zero-order valence-corrected chi connectivity index (χ0v) is 11.9. The number of amides is 1. The molecule has 1 atom stereocenters. The van der Waals surface area contributed by atoms with Crippen molar-refractivity contribution in [3.05, 3.63) is 16.1 Å². The van der Waals surface area contributed by atoms with Crippen molar-refractivity contribution >= 4 is 17.2 Å². The van der Waals surface area contributed by atoms with Gasteiger partial charge in [-0.05, 0) is 26.3 Å². The van der Waals surface area contributed by atoms with Gasteiger partial charge in [0.15, 0.2) is 0 Å². The molecule has 0 aliphatic carbocycles. The van der Waals surface area contributed by atoms with Gasteiger partial charge in [-0.2, -0.15) is 0 Å². The van der Waals surface area contributed by atoms with E-state index in [2.05, 4.69) is 22.5 Å². The highest BCUT2D eigenvalue weighted by atomic mass is 32.1. The molecule has 1 aliphatic rings. The number of thiazole rings is 1. The molecule has 1 amide bonds. The van der Waals surface area contributed by atoms with Gasteiger partial charge in [-0.15, -0.1) is 11.3 Å². The molecule has 2 rings (SSSR count). The van der Waals surface area contributed by atoms with Crippen LogP contribution in [0.5, 0.6) is 0 Å². The summed E-state index contributed by atoms with van der Waals surface area (Å²) in [4.78, 5) is 17.8. The molecular formula is C13H21N3OS. The van der Waals surface area contributed by atoms with Crippen molar-refractivity contribution in [2.75, 3.05) is 13.1 Å². The molecule has 0 radical (unpaired) electrons. The summed E-state index contributed by atoms with van der Waals surface area (Å²) in [6.07, 6.45) is 2.97. The Balaban J connectivity index is 1.96. The van der Waals surface area contributed by atoms with Crippen LogP contribution in [0, 0.1) is 12.3 Å². The van der Waals surface area contributed by atoms with Crippen LogP contribution < -0.4 is 10.6 Å². The quantitative estimate of drug-likeness (QED) is 0.856. The van der Waals surface area contributed by atoms with Crippen LogP contribution in [0.2, 0.25) is 0 Å². The number of hydrogen-bond acceptors (Lipinski definition) is 4. The number of carbonyl (C=O) groups is 1. The predicted octanol–water partition coefficient (Wildman–Crippen LogP) is 1.85. The van der Waals surface area contributed by atoms with E-state index in [9.17, 15) is 4.79 Å². The third kappa shape index (κ3) is 2.72. The fourth-order valence-electron chi connectivity index (χ4n) is 2.59. The van der Waals surface area contributed by atoms with Crippen LogP contribution in [0.25, 0.3) is 0 Å². The lowest BCUT2D eigenvalue weighted by Crippen LogP contribution is -2.42. The SMILES string of the molecule is CCCC1(C(=O)NCc2scnc2C)CCNC1. The van der Waals surface area contributed by atoms with E-state index in [1.807, 2.05) is 12.4 Å². The average molecular weight is 267 g/mol. The first-order valence-electron chi connectivity index (χ1n) is 6.56. The number of hydrogen-bond donors (Lipinski definition) is 2. The van der Waals surface area contributed by atoms with Crippen LogP contribution >= 0.6 is 11.3 Å². The lowest BCUT2D eigenvalue weighted by atomic mass is 9.81. The van der Waals surface area contributed by atoms with Crippen molar-refractivity contribution in [3.63, 3.8) is 0 Å². The van der Waals surface area contributed by atoms with Gasteiger partial charge in [-0.3, -0.25) is 4.79 Å². The molecule has 18 heavy (non-hydrogen) atoms. The van der Waals surface area contributed by atoms with E-state index >= 15 is 0 Å². The van der Waals surface area contributed by atoms with E-state index in [-0.39, 0.29) is 11.3 Å². The molecule has 100 valence electrons. The molecule has 0 spiro atoms. The van der Waals surface area contributed by atoms with Gasteiger partial charge in [0.1, 0.15) is 0 Å². The standard InChI is InChI=1S/C13H21N3OS/c1-3-4-13(5-6-14-8-13)12(17)15-7-11-10(2)16-9-18-11/h9,14H,3-8H2,1-2H3,(H,15,17). The van der Waals surface area contributed by atoms with Crippen LogP contribution in [0.4, 0.5) is 0 Å². The summed E-state index contributed by atoms with van der Waals surface area (Å²) in [6.45, 7) is 6.50. The second-order valence-electron chi connectivity index (χ2n) is 5.00. The summed E-state index contributed by atoms with van der Waals surface area (Å²) in [5, 5.41) is 6.40. The Labute approximate surface area is 112 Å². The fraction of sp³-hybridized carbons (Fsp3) is 0.692. The third-order valence-electron chi connectivity index (χ3n) is 3.71. The van der Waals surface area contributed by atoms with E-state index in [1.165, 1.54) is 0 Å². The molecule has 1 unspecified atom stereocenters. The minimum absolute atomic E-state index is 0.187. The van der Waals surface area contributed by atoms with Gasteiger partial charge in [0.2, 0.25) is 5.91 Å². The Morgan fingerprint density at radius 1 is 1.67 bits per heavy atom. The maximum atomic E-state index is 12.4. The fourth-order valence-corrected chi connectivity index (χ4v) is 3.30. The molecule has 5 heteroatoms. The summed E-state index contributed by atoms with van der Waals surface area (Å²) < 4.78 is 0. The second-order valence-corrected chi connectivity index (χ2v) is 5.94. The maximum Gasteiger partial charge on any atom is 0.227 e. The largest absolute Gasteiger partial charge is 0.351 e. The summed E-state index contributed by atoms with van der Waals surface area (Å²) in [6, 6.07) is 0.